The van der Waals surface area contributed by atoms with Crippen LogP contribution in [0.15, 0.2) is 84.9 Å². The van der Waals surface area contributed by atoms with Crippen molar-refractivity contribution in [3.63, 3.8) is 0 Å². The molecule has 0 spiro atoms. The van der Waals surface area contributed by atoms with E-state index in [9.17, 15) is 0 Å². The Morgan fingerprint density at radius 1 is 0.591 bits per heavy atom. The molecule has 2 nitrogen and oxygen atoms in total. The third-order valence-corrected chi connectivity index (χ3v) is 10.5. The van der Waals surface area contributed by atoms with Crippen molar-refractivity contribution in [3.8, 4) is 0 Å². The summed E-state index contributed by atoms with van der Waals surface area (Å²) in [4.78, 5) is 0. The van der Waals surface area contributed by atoms with Gasteiger partial charge >= 0.3 is 0 Å². The maximum absolute atomic E-state index is 5.94. The van der Waals surface area contributed by atoms with E-state index >= 15 is 0 Å². The van der Waals surface area contributed by atoms with Gasteiger partial charge in [0.15, 0.2) is 0 Å². The summed E-state index contributed by atoms with van der Waals surface area (Å²) in [5.74, 6) is 0.867. The normalized spacial score (nSPS) is 15.0. The second kappa shape index (κ2) is 15.0. The first-order valence-corrected chi connectivity index (χ1v) is 17.2. The number of unbranched alkanes of at least 4 members (excludes halogenated alkanes) is 5. The van der Waals surface area contributed by atoms with E-state index in [1.165, 1.54) is 115 Å². The molecule has 0 unspecified atom stereocenters. The van der Waals surface area contributed by atoms with Crippen LogP contribution < -0.4 is 11.5 Å². The minimum atomic E-state index is 0.0760. The Hall–Kier alpha value is -3.52. The lowest BCUT2D eigenvalue weighted by atomic mass is 9.62. The van der Waals surface area contributed by atoms with Crippen molar-refractivity contribution in [1.29, 1.82) is 0 Å². The van der Waals surface area contributed by atoms with Crippen molar-refractivity contribution >= 4 is 11.4 Å². The molecule has 0 atom stereocenters. The molecule has 0 bridgehead atoms. The smallest absolute Gasteiger partial charge is 0.0314 e. The third kappa shape index (κ3) is 7.95. The molecule has 4 aromatic rings. The maximum atomic E-state index is 5.94. The minimum absolute atomic E-state index is 0.0760. The fourth-order valence-electron chi connectivity index (χ4n) is 7.51. The first-order chi connectivity index (χ1) is 21.4. The summed E-state index contributed by atoms with van der Waals surface area (Å²) < 4.78 is 0. The van der Waals surface area contributed by atoms with Crippen LogP contribution in [-0.4, -0.2) is 0 Å². The van der Waals surface area contributed by atoms with Gasteiger partial charge in [-0.25, -0.2) is 0 Å². The Balaban J connectivity index is 1.38. The molecule has 1 fully saturated rings. The Morgan fingerprint density at radius 3 is 1.50 bits per heavy atom. The Bertz CT molecular complexity index is 1370. The Labute approximate surface area is 267 Å². The largest absolute Gasteiger partial charge is 0.399 e. The van der Waals surface area contributed by atoms with E-state index in [1.807, 2.05) is 24.3 Å². The number of anilines is 2. The highest BCUT2D eigenvalue weighted by Crippen LogP contribution is 2.48. The summed E-state index contributed by atoms with van der Waals surface area (Å²) in [7, 11) is 0. The first-order valence-electron chi connectivity index (χ1n) is 17.2. The van der Waals surface area contributed by atoms with E-state index in [1.54, 1.807) is 0 Å². The SMILES string of the molecule is CCCCCCCCC1CCC(c2ccc(Cc3ccc(N)cc3)c(C)c2)(c2ccc(Cc3ccc(N)cc3)c(C)c2)CC1. The number of nitrogens with two attached hydrogens (primary N) is 2. The predicted molar refractivity (Wildman–Crippen MR) is 190 cm³/mol. The molecule has 4 aromatic carbocycles. The minimum Gasteiger partial charge on any atom is -0.399 e. The zero-order valence-corrected chi connectivity index (χ0v) is 27.5. The molecule has 0 heterocycles. The zero-order valence-electron chi connectivity index (χ0n) is 27.5. The number of aryl methyl sites for hydroxylation is 2. The van der Waals surface area contributed by atoms with Gasteiger partial charge in [-0.15, -0.1) is 0 Å². The van der Waals surface area contributed by atoms with Gasteiger partial charge in [0.2, 0.25) is 0 Å². The van der Waals surface area contributed by atoms with Gasteiger partial charge in [0.25, 0.3) is 0 Å². The molecule has 0 aliphatic heterocycles. The lowest BCUT2D eigenvalue weighted by Gasteiger charge is -2.42. The van der Waals surface area contributed by atoms with Gasteiger partial charge in [-0.1, -0.05) is 113 Å². The Morgan fingerprint density at radius 2 is 1.05 bits per heavy atom. The molecule has 5 rings (SSSR count). The molecule has 0 aromatic heterocycles. The van der Waals surface area contributed by atoms with E-state index in [0.29, 0.717) is 0 Å². The molecule has 1 aliphatic rings. The molecule has 44 heavy (non-hydrogen) atoms. The lowest BCUT2D eigenvalue weighted by Crippen LogP contribution is -2.33. The third-order valence-electron chi connectivity index (χ3n) is 10.5. The number of hydrogen-bond donors (Lipinski definition) is 2. The van der Waals surface area contributed by atoms with Crippen LogP contribution >= 0.6 is 0 Å². The van der Waals surface area contributed by atoms with Gasteiger partial charge in [-0.2, -0.15) is 0 Å². The average Bonchev–Trinajstić information content (AvgIpc) is 3.03. The molecule has 2 heteroatoms. The van der Waals surface area contributed by atoms with Crippen LogP contribution in [0, 0.1) is 19.8 Å². The summed E-state index contributed by atoms with van der Waals surface area (Å²) in [6.07, 6.45) is 16.8. The summed E-state index contributed by atoms with van der Waals surface area (Å²) in [6.45, 7) is 6.90. The first kappa shape index (κ1) is 31.9. The number of benzene rings is 4. The highest BCUT2D eigenvalue weighted by Gasteiger charge is 2.38. The summed E-state index contributed by atoms with van der Waals surface area (Å²) >= 11 is 0. The summed E-state index contributed by atoms with van der Waals surface area (Å²) in [6, 6.07) is 31.4. The zero-order chi connectivity index (χ0) is 30.9. The fourth-order valence-corrected chi connectivity index (χ4v) is 7.51. The fraction of sp³-hybridized carbons (Fsp3) is 0.429. The number of hydrogen-bond acceptors (Lipinski definition) is 2. The highest BCUT2D eigenvalue weighted by atomic mass is 14.5. The number of rotatable bonds is 13. The predicted octanol–water partition coefficient (Wildman–Crippen LogP) is 10.9. The van der Waals surface area contributed by atoms with Crippen molar-refractivity contribution in [2.45, 2.75) is 110 Å². The molecule has 0 radical (unpaired) electrons. The maximum Gasteiger partial charge on any atom is 0.0314 e. The van der Waals surface area contributed by atoms with Crippen LogP contribution in [0.5, 0.6) is 0 Å². The topological polar surface area (TPSA) is 52.0 Å². The second-order valence-corrected chi connectivity index (χ2v) is 13.7. The number of nitrogen functional groups attached to an aromatic ring is 2. The molecule has 4 N–H and O–H groups in total. The molecule has 0 amide bonds. The van der Waals surface area contributed by atoms with E-state index in [-0.39, 0.29) is 5.41 Å². The van der Waals surface area contributed by atoms with Crippen LogP contribution in [0.25, 0.3) is 0 Å². The van der Waals surface area contributed by atoms with Gasteiger partial charge in [0.05, 0.1) is 0 Å². The van der Waals surface area contributed by atoms with Crippen LogP contribution in [0.1, 0.15) is 122 Å². The van der Waals surface area contributed by atoms with E-state index in [2.05, 4.69) is 81.4 Å². The summed E-state index contributed by atoms with van der Waals surface area (Å²) in [5.41, 5.74) is 24.8. The molecule has 1 saturated carbocycles. The van der Waals surface area contributed by atoms with Crippen LogP contribution in [0.3, 0.4) is 0 Å². The van der Waals surface area contributed by atoms with Gasteiger partial charge < -0.3 is 11.5 Å². The highest BCUT2D eigenvalue weighted by molar-refractivity contribution is 5.48. The average molecular weight is 587 g/mol. The van der Waals surface area contributed by atoms with Gasteiger partial charge in [0, 0.05) is 16.8 Å². The molecular formula is C42H54N2. The van der Waals surface area contributed by atoms with Crippen LogP contribution in [0.2, 0.25) is 0 Å². The molecule has 0 saturated heterocycles. The summed E-state index contributed by atoms with van der Waals surface area (Å²) in [5, 5.41) is 0. The van der Waals surface area contributed by atoms with Gasteiger partial charge in [-0.3, -0.25) is 0 Å². The van der Waals surface area contributed by atoms with Gasteiger partial charge in [-0.05, 0) is 127 Å². The van der Waals surface area contributed by atoms with Crippen LogP contribution in [0.4, 0.5) is 11.4 Å². The van der Waals surface area contributed by atoms with E-state index in [4.69, 9.17) is 11.5 Å². The van der Waals surface area contributed by atoms with Crippen molar-refractivity contribution < 1.29 is 0 Å². The lowest BCUT2D eigenvalue weighted by molar-refractivity contribution is 0.250. The van der Waals surface area contributed by atoms with Crippen molar-refractivity contribution in [2.24, 2.45) is 5.92 Å². The Kier molecular flexibility index (Phi) is 10.9. The van der Waals surface area contributed by atoms with Crippen molar-refractivity contribution in [3.05, 3.63) is 129 Å². The van der Waals surface area contributed by atoms with Crippen molar-refractivity contribution in [2.75, 3.05) is 11.5 Å². The monoisotopic (exact) mass is 586 g/mol. The molecular weight excluding hydrogens is 532 g/mol. The quantitative estimate of drug-likeness (QED) is 0.121. The van der Waals surface area contributed by atoms with Gasteiger partial charge in [0.1, 0.15) is 0 Å². The van der Waals surface area contributed by atoms with E-state index in [0.717, 1.165) is 30.1 Å². The van der Waals surface area contributed by atoms with Crippen LogP contribution in [-0.2, 0) is 18.3 Å². The van der Waals surface area contributed by atoms with E-state index < -0.39 is 0 Å². The van der Waals surface area contributed by atoms with Crippen molar-refractivity contribution in [1.82, 2.24) is 0 Å². The molecule has 1 aliphatic carbocycles. The second-order valence-electron chi connectivity index (χ2n) is 13.7. The molecule has 232 valence electrons. The standard InChI is InChI=1S/C42H54N2/c1-4-5-6-7-8-9-10-33-23-25-42(26-24-33,38-17-15-36(31(2)27-38)29-34-11-19-40(43)20-12-34)39-18-16-37(32(3)28-39)30-35-13-21-41(44)22-14-35/h11-22,27-28,33H,4-10,23-26,29-30,43-44H2,1-3H3.